The number of rotatable bonds is 2. The maximum Gasteiger partial charge on any atom is 0.228 e. The summed E-state index contributed by atoms with van der Waals surface area (Å²) in [6.45, 7) is 6.94. The van der Waals surface area contributed by atoms with E-state index in [2.05, 4.69) is 18.7 Å². The van der Waals surface area contributed by atoms with Gasteiger partial charge in [0.1, 0.15) is 0 Å². The molecule has 0 spiro atoms. The van der Waals surface area contributed by atoms with Gasteiger partial charge in [-0.3, -0.25) is 4.79 Å². The second kappa shape index (κ2) is 4.97. The van der Waals surface area contributed by atoms with Gasteiger partial charge < -0.3 is 10.6 Å². The van der Waals surface area contributed by atoms with Gasteiger partial charge in [0, 0.05) is 18.5 Å². The number of nitrogens with two attached hydrogens (primary N) is 1. The van der Waals surface area contributed by atoms with Crippen LogP contribution in [0.3, 0.4) is 0 Å². The van der Waals surface area contributed by atoms with Crippen LogP contribution in [0.1, 0.15) is 46.0 Å². The largest absolute Gasteiger partial charge is 0.342 e. The van der Waals surface area contributed by atoms with Crippen LogP contribution in [0.4, 0.5) is 0 Å². The predicted molar refractivity (Wildman–Crippen MR) is 69.5 cm³/mol. The SMILES string of the molecule is CC1CCN(C(=O)C2(C)CCCC2)CC1CN. The van der Waals surface area contributed by atoms with Crippen molar-refractivity contribution in [1.82, 2.24) is 4.90 Å². The van der Waals surface area contributed by atoms with Crippen molar-refractivity contribution in [2.75, 3.05) is 19.6 Å². The lowest BCUT2D eigenvalue weighted by Gasteiger charge is -2.40. The van der Waals surface area contributed by atoms with Gasteiger partial charge in [0.05, 0.1) is 0 Å². The van der Waals surface area contributed by atoms with E-state index < -0.39 is 0 Å². The zero-order valence-electron chi connectivity index (χ0n) is 11.2. The van der Waals surface area contributed by atoms with Gasteiger partial charge in [0.15, 0.2) is 0 Å². The number of nitrogens with zero attached hydrogens (tertiary/aromatic N) is 1. The zero-order chi connectivity index (χ0) is 12.5. The quantitative estimate of drug-likeness (QED) is 0.800. The van der Waals surface area contributed by atoms with Crippen LogP contribution in [0.2, 0.25) is 0 Å². The molecule has 3 nitrogen and oxygen atoms in total. The van der Waals surface area contributed by atoms with E-state index in [1.807, 2.05) is 0 Å². The van der Waals surface area contributed by atoms with Crippen LogP contribution in [0, 0.1) is 17.3 Å². The van der Waals surface area contributed by atoms with Crippen molar-refractivity contribution in [2.45, 2.75) is 46.0 Å². The van der Waals surface area contributed by atoms with E-state index in [-0.39, 0.29) is 5.41 Å². The zero-order valence-corrected chi connectivity index (χ0v) is 11.2. The van der Waals surface area contributed by atoms with Crippen molar-refractivity contribution in [3.63, 3.8) is 0 Å². The van der Waals surface area contributed by atoms with Crippen LogP contribution in [0.25, 0.3) is 0 Å². The summed E-state index contributed by atoms with van der Waals surface area (Å²) in [5.41, 5.74) is 5.73. The average Bonchev–Trinajstić information content (AvgIpc) is 2.77. The molecule has 1 aliphatic heterocycles. The lowest BCUT2D eigenvalue weighted by molar-refractivity contribution is -0.143. The fourth-order valence-corrected chi connectivity index (χ4v) is 3.39. The molecule has 1 saturated carbocycles. The Hall–Kier alpha value is -0.570. The van der Waals surface area contributed by atoms with Gasteiger partial charge in [-0.25, -0.2) is 0 Å². The first kappa shape index (κ1) is 12.9. The summed E-state index contributed by atoms with van der Waals surface area (Å²) in [6, 6.07) is 0. The monoisotopic (exact) mass is 238 g/mol. The first-order chi connectivity index (χ1) is 8.07. The molecule has 2 N–H and O–H groups in total. The molecular weight excluding hydrogens is 212 g/mol. The lowest BCUT2D eigenvalue weighted by Crippen LogP contribution is -2.49. The second-order valence-electron chi connectivity index (χ2n) is 6.28. The molecule has 0 radical (unpaired) electrons. The molecule has 1 aliphatic carbocycles. The molecule has 98 valence electrons. The van der Waals surface area contributed by atoms with E-state index in [0.717, 1.165) is 32.4 Å². The summed E-state index contributed by atoms with van der Waals surface area (Å²) in [5, 5.41) is 0. The first-order valence-corrected chi connectivity index (χ1v) is 7.06. The fourth-order valence-electron chi connectivity index (χ4n) is 3.39. The van der Waals surface area contributed by atoms with Crippen LogP contribution >= 0.6 is 0 Å². The normalized spacial score (nSPS) is 32.8. The summed E-state index contributed by atoms with van der Waals surface area (Å²) in [6.07, 6.45) is 5.69. The molecule has 1 saturated heterocycles. The highest BCUT2D eigenvalue weighted by Gasteiger charge is 2.40. The standard InChI is InChI=1S/C14H26N2O/c1-11-5-8-16(10-12(11)9-15)13(17)14(2)6-3-4-7-14/h11-12H,3-10,15H2,1-2H3. The van der Waals surface area contributed by atoms with Crippen molar-refractivity contribution in [2.24, 2.45) is 23.0 Å². The number of amides is 1. The minimum atomic E-state index is -0.0697. The molecule has 0 aromatic rings. The molecule has 1 amide bonds. The van der Waals surface area contributed by atoms with Crippen molar-refractivity contribution >= 4 is 5.91 Å². The minimum Gasteiger partial charge on any atom is -0.342 e. The molecule has 2 unspecified atom stereocenters. The van der Waals surface area contributed by atoms with E-state index in [9.17, 15) is 4.79 Å². The molecule has 0 aromatic carbocycles. The summed E-state index contributed by atoms with van der Waals surface area (Å²) >= 11 is 0. The van der Waals surface area contributed by atoms with Crippen LogP contribution in [-0.2, 0) is 4.79 Å². The van der Waals surface area contributed by atoms with E-state index in [1.54, 1.807) is 0 Å². The Balaban J connectivity index is 2.00. The Morgan fingerprint density at radius 2 is 2.06 bits per heavy atom. The number of hydrogen-bond acceptors (Lipinski definition) is 2. The number of carbonyl (C=O) groups is 1. The molecule has 0 aromatic heterocycles. The van der Waals surface area contributed by atoms with Gasteiger partial charge in [0.25, 0.3) is 0 Å². The van der Waals surface area contributed by atoms with Gasteiger partial charge >= 0.3 is 0 Å². The van der Waals surface area contributed by atoms with Gasteiger partial charge in [-0.1, -0.05) is 26.7 Å². The van der Waals surface area contributed by atoms with Gasteiger partial charge in [0.2, 0.25) is 5.91 Å². The summed E-state index contributed by atoms with van der Waals surface area (Å²) < 4.78 is 0. The maximum absolute atomic E-state index is 12.6. The molecule has 2 aliphatic rings. The Kier molecular flexibility index (Phi) is 3.76. The van der Waals surface area contributed by atoms with Crippen molar-refractivity contribution in [1.29, 1.82) is 0 Å². The van der Waals surface area contributed by atoms with Gasteiger partial charge in [-0.2, -0.15) is 0 Å². The van der Waals surface area contributed by atoms with E-state index in [0.29, 0.717) is 24.3 Å². The molecule has 17 heavy (non-hydrogen) atoms. The van der Waals surface area contributed by atoms with Crippen molar-refractivity contribution < 1.29 is 4.79 Å². The topological polar surface area (TPSA) is 46.3 Å². The third-order valence-corrected chi connectivity index (χ3v) is 4.93. The highest BCUT2D eigenvalue weighted by Crippen LogP contribution is 2.40. The lowest BCUT2D eigenvalue weighted by atomic mass is 9.83. The van der Waals surface area contributed by atoms with Crippen LogP contribution in [-0.4, -0.2) is 30.4 Å². The Bertz CT molecular complexity index is 284. The average molecular weight is 238 g/mol. The number of carbonyl (C=O) groups excluding carboxylic acids is 1. The Morgan fingerprint density at radius 1 is 1.41 bits per heavy atom. The van der Waals surface area contributed by atoms with Crippen LogP contribution < -0.4 is 5.73 Å². The molecule has 3 heteroatoms. The van der Waals surface area contributed by atoms with Gasteiger partial charge in [-0.15, -0.1) is 0 Å². The molecule has 2 fully saturated rings. The molecule has 2 atom stereocenters. The van der Waals surface area contributed by atoms with Crippen LogP contribution in [0.5, 0.6) is 0 Å². The first-order valence-electron chi connectivity index (χ1n) is 7.06. The third kappa shape index (κ3) is 2.49. The summed E-state index contributed by atoms with van der Waals surface area (Å²) in [7, 11) is 0. The molecule has 2 rings (SSSR count). The van der Waals surface area contributed by atoms with Crippen LogP contribution in [0.15, 0.2) is 0 Å². The Labute approximate surface area is 105 Å². The van der Waals surface area contributed by atoms with Crippen molar-refractivity contribution in [3.8, 4) is 0 Å². The highest BCUT2D eigenvalue weighted by molar-refractivity contribution is 5.82. The predicted octanol–water partition coefficient (Wildman–Crippen LogP) is 2.01. The molecular formula is C14H26N2O. The van der Waals surface area contributed by atoms with Gasteiger partial charge in [-0.05, 0) is 37.6 Å². The number of likely N-dealkylation sites (tertiary alicyclic amines) is 1. The summed E-state index contributed by atoms with van der Waals surface area (Å²) in [5.74, 6) is 1.55. The van der Waals surface area contributed by atoms with E-state index >= 15 is 0 Å². The highest BCUT2D eigenvalue weighted by atomic mass is 16.2. The number of hydrogen-bond donors (Lipinski definition) is 1. The molecule has 0 bridgehead atoms. The maximum atomic E-state index is 12.6. The molecule has 1 heterocycles. The van der Waals surface area contributed by atoms with E-state index in [4.69, 9.17) is 5.73 Å². The minimum absolute atomic E-state index is 0.0697. The van der Waals surface area contributed by atoms with E-state index in [1.165, 1.54) is 12.8 Å². The third-order valence-electron chi connectivity index (χ3n) is 4.93. The smallest absolute Gasteiger partial charge is 0.228 e. The summed E-state index contributed by atoms with van der Waals surface area (Å²) in [4.78, 5) is 14.7. The second-order valence-corrected chi connectivity index (χ2v) is 6.28. The number of piperidine rings is 1. The fraction of sp³-hybridized carbons (Fsp3) is 0.929. The Morgan fingerprint density at radius 3 is 2.65 bits per heavy atom. The van der Waals surface area contributed by atoms with Crippen molar-refractivity contribution in [3.05, 3.63) is 0 Å².